The lowest BCUT2D eigenvalue weighted by Crippen LogP contribution is -2.29. The van der Waals surface area contributed by atoms with Gasteiger partial charge in [0.25, 0.3) is 0 Å². The smallest absolute Gasteiger partial charge is 0.163 e. The van der Waals surface area contributed by atoms with E-state index in [0.29, 0.717) is 18.6 Å². The molecule has 5 rings (SSSR count). The summed E-state index contributed by atoms with van der Waals surface area (Å²) in [7, 11) is 3.96. The van der Waals surface area contributed by atoms with E-state index in [1.807, 2.05) is 0 Å². The molecule has 4 heterocycles. The number of methoxy groups -OCH3 is 1. The summed E-state index contributed by atoms with van der Waals surface area (Å²) < 4.78 is 18.3. The fourth-order valence-corrected chi connectivity index (χ4v) is 5.87. The van der Waals surface area contributed by atoms with Crippen molar-refractivity contribution in [2.75, 3.05) is 53.5 Å². The molecule has 0 saturated carbocycles. The summed E-state index contributed by atoms with van der Waals surface area (Å²) in [5.41, 5.74) is 3.48. The van der Waals surface area contributed by atoms with Crippen LogP contribution < -0.4 is 9.47 Å². The van der Waals surface area contributed by atoms with Gasteiger partial charge in [0.15, 0.2) is 11.5 Å². The van der Waals surface area contributed by atoms with Crippen molar-refractivity contribution in [3.63, 3.8) is 0 Å². The number of pyridine rings is 1. The number of likely N-dealkylation sites (tertiary alicyclic amines) is 2. The van der Waals surface area contributed by atoms with Gasteiger partial charge in [-0.15, -0.1) is 0 Å². The molecule has 1 aromatic carbocycles. The Morgan fingerprint density at radius 3 is 2.50 bits per heavy atom. The van der Waals surface area contributed by atoms with Crippen LogP contribution in [0.3, 0.4) is 0 Å². The van der Waals surface area contributed by atoms with Crippen molar-refractivity contribution >= 4 is 10.9 Å². The number of hydrogen-bond acceptors (Lipinski definition) is 6. The van der Waals surface area contributed by atoms with Gasteiger partial charge in [0.1, 0.15) is 0 Å². The SMILES string of the molecule is COc1cc2c(C3CCN(C)CC3)cc(C3CCC(C)O3)nc2cc1OCCCN1CCCC1. The molecule has 0 radical (unpaired) electrons. The molecule has 186 valence electrons. The quantitative estimate of drug-likeness (QED) is 0.500. The summed E-state index contributed by atoms with van der Waals surface area (Å²) >= 11 is 0. The van der Waals surface area contributed by atoms with Crippen LogP contribution in [0.15, 0.2) is 18.2 Å². The van der Waals surface area contributed by atoms with Gasteiger partial charge in [-0.3, -0.25) is 0 Å². The maximum absolute atomic E-state index is 6.25. The summed E-state index contributed by atoms with van der Waals surface area (Å²) in [5.74, 6) is 2.15. The summed E-state index contributed by atoms with van der Waals surface area (Å²) in [4.78, 5) is 10.1. The monoisotopic (exact) mass is 467 g/mol. The Balaban J connectivity index is 1.43. The fraction of sp³-hybridized carbons (Fsp3) is 0.679. The number of ether oxygens (including phenoxy) is 3. The van der Waals surface area contributed by atoms with E-state index in [1.165, 1.54) is 49.7 Å². The van der Waals surface area contributed by atoms with Crippen LogP contribution >= 0.6 is 0 Å². The molecule has 3 fully saturated rings. The zero-order valence-electron chi connectivity index (χ0n) is 21.2. The van der Waals surface area contributed by atoms with Crippen LogP contribution in [-0.4, -0.2) is 74.4 Å². The highest BCUT2D eigenvalue weighted by Crippen LogP contribution is 2.41. The van der Waals surface area contributed by atoms with E-state index >= 15 is 0 Å². The van der Waals surface area contributed by atoms with Crippen molar-refractivity contribution in [2.24, 2.45) is 0 Å². The topological polar surface area (TPSA) is 47.1 Å². The number of aromatic nitrogens is 1. The minimum atomic E-state index is 0.0938. The van der Waals surface area contributed by atoms with E-state index in [9.17, 15) is 0 Å². The van der Waals surface area contributed by atoms with E-state index in [1.54, 1.807) is 7.11 Å². The number of nitrogens with zero attached hydrogens (tertiary/aromatic N) is 3. The van der Waals surface area contributed by atoms with Crippen molar-refractivity contribution < 1.29 is 14.2 Å². The molecule has 3 aliphatic heterocycles. The molecule has 6 nitrogen and oxygen atoms in total. The van der Waals surface area contributed by atoms with Crippen LogP contribution in [0, 0.1) is 0 Å². The third-order valence-corrected chi connectivity index (χ3v) is 7.94. The van der Waals surface area contributed by atoms with Crippen molar-refractivity contribution in [1.82, 2.24) is 14.8 Å². The molecule has 3 saturated heterocycles. The number of hydrogen-bond donors (Lipinski definition) is 0. The first-order valence-corrected chi connectivity index (χ1v) is 13.3. The van der Waals surface area contributed by atoms with Gasteiger partial charge >= 0.3 is 0 Å². The van der Waals surface area contributed by atoms with Crippen molar-refractivity contribution in [2.45, 2.75) is 70.0 Å². The van der Waals surface area contributed by atoms with Gasteiger partial charge in [0.2, 0.25) is 0 Å². The maximum atomic E-state index is 6.25. The third-order valence-electron chi connectivity index (χ3n) is 7.94. The Hall–Kier alpha value is -1.89. The standard InChI is InChI=1S/C28H41N3O3/c1-20-7-8-26(34-20)25-17-22(21-9-14-30(2)15-10-21)23-18-27(32-3)28(19-24(23)29-25)33-16-6-13-31-11-4-5-12-31/h17-21,26H,4-16H2,1-3H3. The predicted molar refractivity (Wildman–Crippen MR) is 136 cm³/mol. The molecule has 34 heavy (non-hydrogen) atoms. The third kappa shape index (κ3) is 5.34. The normalized spacial score (nSPS) is 24.8. The molecular formula is C28H41N3O3. The van der Waals surface area contributed by atoms with Gasteiger partial charge in [-0.2, -0.15) is 0 Å². The highest BCUT2D eigenvalue weighted by Gasteiger charge is 2.28. The van der Waals surface area contributed by atoms with Gasteiger partial charge < -0.3 is 24.0 Å². The Kier molecular flexibility index (Phi) is 7.57. The number of rotatable bonds is 8. The highest BCUT2D eigenvalue weighted by atomic mass is 16.5. The molecule has 2 atom stereocenters. The molecule has 6 heteroatoms. The van der Waals surface area contributed by atoms with E-state index in [4.69, 9.17) is 19.2 Å². The molecule has 2 aromatic rings. The zero-order chi connectivity index (χ0) is 23.5. The predicted octanol–water partition coefficient (Wildman–Crippen LogP) is 5.16. The number of piperidine rings is 1. The molecule has 0 bridgehead atoms. The average molecular weight is 468 g/mol. The second-order valence-corrected chi connectivity index (χ2v) is 10.5. The van der Waals surface area contributed by atoms with Crippen molar-refractivity contribution in [3.05, 3.63) is 29.5 Å². The molecule has 0 spiro atoms. The van der Waals surface area contributed by atoms with Crippen molar-refractivity contribution in [3.8, 4) is 11.5 Å². The summed E-state index contributed by atoms with van der Waals surface area (Å²) in [6.07, 6.45) is 8.58. The van der Waals surface area contributed by atoms with Crippen LogP contribution in [0.5, 0.6) is 11.5 Å². The van der Waals surface area contributed by atoms with E-state index < -0.39 is 0 Å². The highest BCUT2D eigenvalue weighted by molar-refractivity contribution is 5.86. The fourth-order valence-electron chi connectivity index (χ4n) is 5.87. The summed E-state index contributed by atoms with van der Waals surface area (Å²) in [6, 6.07) is 6.59. The second kappa shape index (κ2) is 10.8. The molecule has 0 aliphatic carbocycles. The number of benzene rings is 1. The average Bonchev–Trinajstić information content (AvgIpc) is 3.53. The molecule has 0 N–H and O–H groups in total. The minimum Gasteiger partial charge on any atom is -0.493 e. The van der Waals surface area contributed by atoms with Crippen molar-refractivity contribution in [1.29, 1.82) is 0 Å². The molecule has 2 unspecified atom stereocenters. The maximum Gasteiger partial charge on any atom is 0.163 e. The first-order chi connectivity index (χ1) is 16.6. The summed E-state index contributed by atoms with van der Waals surface area (Å²) in [5, 5.41) is 1.20. The van der Waals surface area contributed by atoms with Crippen LogP contribution in [0.2, 0.25) is 0 Å². The first kappa shape index (κ1) is 23.8. The van der Waals surface area contributed by atoms with E-state index in [-0.39, 0.29) is 6.10 Å². The van der Waals surface area contributed by atoms with Crippen LogP contribution in [0.4, 0.5) is 0 Å². The Morgan fingerprint density at radius 1 is 1.00 bits per heavy atom. The van der Waals surface area contributed by atoms with Crippen LogP contribution in [-0.2, 0) is 4.74 Å². The minimum absolute atomic E-state index is 0.0938. The molecular weight excluding hydrogens is 426 g/mol. The van der Waals surface area contributed by atoms with E-state index in [2.05, 4.69) is 42.0 Å². The lowest BCUT2D eigenvalue weighted by atomic mass is 9.86. The number of fused-ring (bicyclic) bond motifs is 1. The first-order valence-electron chi connectivity index (χ1n) is 13.3. The van der Waals surface area contributed by atoms with Crippen LogP contribution in [0.25, 0.3) is 10.9 Å². The van der Waals surface area contributed by atoms with Gasteiger partial charge in [-0.25, -0.2) is 4.98 Å². The molecule has 3 aliphatic rings. The largest absolute Gasteiger partial charge is 0.493 e. The van der Waals surface area contributed by atoms with Crippen LogP contribution in [0.1, 0.15) is 75.1 Å². The van der Waals surface area contributed by atoms with Gasteiger partial charge in [-0.05, 0) is 109 Å². The Labute approximate surface area is 204 Å². The zero-order valence-corrected chi connectivity index (χ0v) is 21.2. The molecule has 1 aromatic heterocycles. The Morgan fingerprint density at radius 2 is 1.79 bits per heavy atom. The lowest BCUT2D eigenvalue weighted by molar-refractivity contribution is 0.0531. The summed E-state index contributed by atoms with van der Waals surface area (Å²) in [6.45, 7) is 8.70. The van der Waals surface area contributed by atoms with Gasteiger partial charge in [-0.1, -0.05) is 0 Å². The molecule has 0 amide bonds. The second-order valence-electron chi connectivity index (χ2n) is 10.5. The lowest BCUT2D eigenvalue weighted by Gasteiger charge is -2.30. The van der Waals surface area contributed by atoms with Gasteiger partial charge in [0.05, 0.1) is 37.1 Å². The van der Waals surface area contributed by atoms with Gasteiger partial charge in [0, 0.05) is 18.0 Å². The Bertz CT molecular complexity index is 967. The van der Waals surface area contributed by atoms with E-state index in [0.717, 1.165) is 61.6 Å².